The number of hydrogen-bond donors (Lipinski definition) is 2. The van der Waals surface area contributed by atoms with Crippen LogP contribution in [0.2, 0.25) is 0 Å². The Labute approximate surface area is 201 Å². The highest BCUT2D eigenvalue weighted by molar-refractivity contribution is 7.89. The predicted molar refractivity (Wildman–Crippen MR) is 131 cm³/mol. The van der Waals surface area contributed by atoms with E-state index in [-0.39, 0.29) is 18.0 Å². The minimum atomic E-state index is -3.41. The number of likely N-dealkylation sites (tertiary alicyclic amines) is 1. The fraction of sp³-hybridized carbons (Fsp3) is 0.440. The Bertz CT molecular complexity index is 1080. The first-order valence-corrected chi connectivity index (χ1v) is 13.4. The normalized spacial score (nSPS) is 17.5. The third-order valence-corrected chi connectivity index (χ3v) is 8.38. The molecule has 2 aliphatic heterocycles. The first-order valence-electron chi connectivity index (χ1n) is 11.9. The second-order valence-corrected chi connectivity index (χ2v) is 10.8. The van der Waals surface area contributed by atoms with Gasteiger partial charge in [-0.05, 0) is 61.9 Å². The molecule has 2 aromatic carbocycles. The van der Waals surface area contributed by atoms with Gasteiger partial charge in [0.2, 0.25) is 15.9 Å². The summed E-state index contributed by atoms with van der Waals surface area (Å²) in [6.07, 6.45) is 4.21. The van der Waals surface area contributed by atoms with Crippen molar-refractivity contribution in [3.8, 4) is 0 Å². The van der Waals surface area contributed by atoms with Gasteiger partial charge in [0.15, 0.2) is 0 Å². The quantitative estimate of drug-likeness (QED) is 0.630. The number of aryl methyl sites for hydroxylation is 1. The molecular formula is C25H32N4O4S. The average Bonchev–Trinajstić information content (AvgIpc) is 3.40. The lowest BCUT2D eigenvalue weighted by molar-refractivity contribution is -0.132. The molecule has 0 aromatic heterocycles. The number of piperidine rings is 1. The second kappa shape index (κ2) is 11.0. The molecule has 0 saturated carbocycles. The number of anilines is 1. The van der Waals surface area contributed by atoms with Crippen molar-refractivity contribution in [3.63, 3.8) is 0 Å². The molecule has 4 rings (SSSR count). The Morgan fingerprint density at radius 2 is 1.53 bits per heavy atom. The number of carbonyl (C=O) groups is 2. The Morgan fingerprint density at radius 3 is 2.18 bits per heavy atom. The van der Waals surface area contributed by atoms with E-state index in [1.54, 1.807) is 24.3 Å². The molecule has 0 spiro atoms. The molecule has 0 radical (unpaired) electrons. The molecule has 34 heavy (non-hydrogen) atoms. The topological polar surface area (TPSA) is 98.8 Å². The van der Waals surface area contributed by atoms with E-state index in [0.29, 0.717) is 43.9 Å². The zero-order valence-electron chi connectivity index (χ0n) is 19.3. The maximum absolute atomic E-state index is 12.7. The maximum Gasteiger partial charge on any atom is 0.319 e. The number of carbonyl (C=O) groups excluding carboxylic acids is 2. The largest absolute Gasteiger partial charge is 0.343 e. The van der Waals surface area contributed by atoms with Gasteiger partial charge >= 0.3 is 6.03 Å². The van der Waals surface area contributed by atoms with Crippen molar-refractivity contribution < 1.29 is 18.0 Å². The van der Waals surface area contributed by atoms with Crippen LogP contribution in [0.5, 0.6) is 0 Å². The molecule has 2 fully saturated rings. The lowest BCUT2D eigenvalue weighted by atomic mass is 10.0. The third kappa shape index (κ3) is 6.15. The van der Waals surface area contributed by atoms with Crippen LogP contribution in [0.25, 0.3) is 0 Å². The summed E-state index contributed by atoms with van der Waals surface area (Å²) in [4.78, 5) is 27.0. The highest BCUT2D eigenvalue weighted by Crippen LogP contribution is 2.21. The zero-order valence-corrected chi connectivity index (χ0v) is 20.1. The van der Waals surface area contributed by atoms with Gasteiger partial charge in [-0.1, -0.05) is 30.3 Å². The van der Waals surface area contributed by atoms with Crippen LogP contribution in [0.3, 0.4) is 0 Å². The van der Waals surface area contributed by atoms with E-state index in [4.69, 9.17) is 0 Å². The lowest BCUT2D eigenvalue weighted by Crippen LogP contribution is -2.47. The summed E-state index contributed by atoms with van der Waals surface area (Å²) < 4.78 is 26.8. The Kier molecular flexibility index (Phi) is 7.84. The van der Waals surface area contributed by atoms with Gasteiger partial charge < -0.3 is 15.5 Å². The van der Waals surface area contributed by atoms with Crippen molar-refractivity contribution in [2.45, 2.75) is 49.5 Å². The van der Waals surface area contributed by atoms with Crippen LogP contribution < -0.4 is 10.6 Å². The molecule has 0 unspecified atom stereocenters. The zero-order chi connectivity index (χ0) is 24.0. The molecule has 2 aliphatic rings. The Hall–Kier alpha value is -2.91. The van der Waals surface area contributed by atoms with E-state index in [1.165, 1.54) is 4.31 Å². The van der Waals surface area contributed by atoms with Gasteiger partial charge in [0.25, 0.3) is 0 Å². The number of hydrogen-bond acceptors (Lipinski definition) is 4. The summed E-state index contributed by atoms with van der Waals surface area (Å²) in [5.41, 5.74) is 1.69. The van der Waals surface area contributed by atoms with Gasteiger partial charge in [-0.15, -0.1) is 0 Å². The van der Waals surface area contributed by atoms with Gasteiger partial charge in [0.1, 0.15) is 0 Å². The first kappa shape index (κ1) is 24.2. The number of benzene rings is 2. The van der Waals surface area contributed by atoms with E-state index >= 15 is 0 Å². The molecule has 3 amide bonds. The standard InChI is InChI=1S/C25H32N4O4S/c30-24(13-10-20-8-11-23(12-9-20)34(32,33)29-16-4-5-17-29)28-18-14-22(15-19-28)27-25(31)26-21-6-2-1-3-7-21/h1-3,6-9,11-12,22H,4-5,10,13-19H2,(H2,26,27,31). The van der Waals surface area contributed by atoms with Gasteiger partial charge in [-0.2, -0.15) is 4.31 Å². The minimum Gasteiger partial charge on any atom is -0.343 e. The van der Waals surface area contributed by atoms with Crippen LogP contribution in [0.4, 0.5) is 10.5 Å². The molecular weight excluding hydrogens is 452 g/mol. The Morgan fingerprint density at radius 1 is 0.882 bits per heavy atom. The monoisotopic (exact) mass is 484 g/mol. The molecule has 0 atom stereocenters. The van der Waals surface area contributed by atoms with Gasteiger partial charge in [-0.3, -0.25) is 4.79 Å². The number of nitrogens with zero attached hydrogens (tertiary/aromatic N) is 2. The van der Waals surface area contributed by atoms with Crippen LogP contribution in [0.15, 0.2) is 59.5 Å². The lowest BCUT2D eigenvalue weighted by Gasteiger charge is -2.32. The number of sulfonamides is 1. The second-order valence-electron chi connectivity index (χ2n) is 8.87. The van der Waals surface area contributed by atoms with Gasteiger partial charge in [0.05, 0.1) is 4.90 Å². The fourth-order valence-corrected chi connectivity index (χ4v) is 5.98. The number of urea groups is 1. The molecule has 2 aromatic rings. The van der Waals surface area contributed by atoms with Crippen molar-refractivity contribution in [3.05, 3.63) is 60.2 Å². The van der Waals surface area contributed by atoms with Crippen molar-refractivity contribution in [1.29, 1.82) is 0 Å². The summed E-state index contributed by atoms with van der Waals surface area (Å²) in [7, 11) is -3.41. The summed E-state index contributed by atoms with van der Waals surface area (Å²) in [6, 6.07) is 16.0. The van der Waals surface area contributed by atoms with Crippen molar-refractivity contribution in [2.75, 3.05) is 31.5 Å². The van der Waals surface area contributed by atoms with Crippen LogP contribution in [-0.4, -0.2) is 61.8 Å². The molecule has 8 nitrogen and oxygen atoms in total. The number of amides is 3. The van der Waals surface area contributed by atoms with E-state index in [1.807, 2.05) is 35.2 Å². The molecule has 2 saturated heterocycles. The van der Waals surface area contributed by atoms with Crippen LogP contribution in [0.1, 0.15) is 37.7 Å². The molecule has 2 N–H and O–H groups in total. The highest BCUT2D eigenvalue weighted by atomic mass is 32.2. The summed E-state index contributed by atoms with van der Waals surface area (Å²) in [5, 5.41) is 5.80. The maximum atomic E-state index is 12.7. The van der Waals surface area contributed by atoms with Crippen molar-refractivity contribution in [2.24, 2.45) is 0 Å². The summed E-state index contributed by atoms with van der Waals surface area (Å²) in [5.74, 6) is 0.0842. The molecule has 0 bridgehead atoms. The van der Waals surface area contributed by atoms with E-state index in [9.17, 15) is 18.0 Å². The summed E-state index contributed by atoms with van der Waals surface area (Å²) in [6.45, 7) is 2.40. The van der Waals surface area contributed by atoms with Crippen molar-refractivity contribution >= 4 is 27.6 Å². The van der Waals surface area contributed by atoms with Crippen LogP contribution in [0, 0.1) is 0 Å². The number of nitrogens with one attached hydrogen (secondary N) is 2. The molecule has 182 valence electrons. The van der Waals surface area contributed by atoms with Crippen LogP contribution >= 0.6 is 0 Å². The SMILES string of the molecule is O=C(Nc1ccccc1)NC1CCN(C(=O)CCc2ccc(S(=O)(=O)N3CCCC3)cc2)CC1. The third-order valence-electron chi connectivity index (χ3n) is 6.47. The molecule has 0 aliphatic carbocycles. The number of para-hydroxylation sites is 1. The van der Waals surface area contributed by atoms with Gasteiger partial charge in [0, 0.05) is 44.3 Å². The van der Waals surface area contributed by atoms with Gasteiger partial charge in [-0.25, -0.2) is 13.2 Å². The molecule has 2 heterocycles. The predicted octanol–water partition coefficient (Wildman–Crippen LogP) is 3.22. The minimum absolute atomic E-state index is 0.0397. The van der Waals surface area contributed by atoms with E-state index in [0.717, 1.165) is 36.9 Å². The van der Waals surface area contributed by atoms with E-state index < -0.39 is 10.0 Å². The number of rotatable bonds is 7. The summed E-state index contributed by atoms with van der Waals surface area (Å²) >= 11 is 0. The Balaban J connectivity index is 1.19. The van der Waals surface area contributed by atoms with E-state index in [2.05, 4.69) is 10.6 Å². The first-order chi connectivity index (χ1) is 16.4. The average molecular weight is 485 g/mol. The van der Waals surface area contributed by atoms with Crippen molar-refractivity contribution in [1.82, 2.24) is 14.5 Å². The van der Waals surface area contributed by atoms with Crippen LogP contribution in [-0.2, 0) is 21.2 Å². The molecule has 9 heteroatoms. The highest BCUT2D eigenvalue weighted by Gasteiger charge is 2.27. The fourth-order valence-electron chi connectivity index (χ4n) is 4.46. The smallest absolute Gasteiger partial charge is 0.319 e.